The molecule has 3 heteroatoms. The van der Waals surface area contributed by atoms with Gasteiger partial charge in [-0.1, -0.05) is 6.92 Å². The van der Waals surface area contributed by atoms with Crippen LogP contribution in [0.1, 0.15) is 34.1 Å². The van der Waals surface area contributed by atoms with Crippen molar-refractivity contribution in [3.05, 3.63) is 0 Å². The fraction of sp³-hybridized carbons (Fsp3) is 0.875. The minimum Gasteiger partial charge on any atom is -0.368 e. The topological polar surface area (TPSA) is 55.1 Å². The van der Waals surface area contributed by atoms with Crippen molar-refractivity contribution in [1.29, 1.82) is 0 Å². The first-order valence-corrected chi connectivity index (χ1v) is 3.94. The number of hydrogen-bond donors (Lipinski definition) is 2. The van der Waals surface area contributed by atoms with Crippen molar-refractivity contribution in [2.45, 2.75) is 45.7 Å². The normalized spacial score (nSPS) is 14.5. The zero-order valence-electron chi connectivity index (χ0n) is 7.77. The van der Waals surface area contributed by atoms with Gasteiger partial charge in [0.25, 0.3) is 0 Å². The number of hydrogen-bond acceptors (Lipinski definition) is 2. The van der Waals surface area contributed by atoms with Crippen molar-refractivity contribution in [2.75, 3.05) is 0 Å². The molecule has 0 fully saturated rings. The number of rotatable bonds is 3. The van der Waals surface area contributed by atoms with Gasteiger partial charge in [0.2, 0.25) is 5.91 Å². The third kappa shape index (κ3) is 4.79. The largest absolute Gasteiger partial charge is 0.368 e. The zero-order chi connectivity index (χ0) is 9.07. The van der Waals surface area contributed by atoms with Crippen LogP contribution < -0.4 is 11.1 Å². The van der Waals surface area contributed by atoms with E-state index in [0.29, 0.717) is 0 Å². The molecule has 0 aliphatic carbocycles. The number of nitrogens with two attached hydrogens (primary N) is 1. The molecule has 0 unspecified atom stereocenters. The van der Waals surface area contributed by atoms with E-state index in [0.717, 1.165) is 6.42 Å². The highest BCUT2D eigenvalue weighted by molar-refractivity contribution is 5.79. The monoisotopic (exact) mass is 158 g/mol. The standard InChI is InChI=1S/C8H18N2O/c1-5-6(7(9)11)10-8(2,3)4/h6,10H,5H2,1-4H3,(H2,9,11)/t6-/m0/s1. The molecule has 0 aliphatic heterocycles. The number of carbonyl (C=O) groups is 1. The van der Waals surface area contributed by atoms with Gasteiger partial charge in [-0.05, 0) is 27.2 Å². The van der Waals surface area contributed by atoms with Gasteiger partial charge in [-0.15, -0.1) is 0 Å². The second-order valence-corrected chi connectivity index (χ2v) is 3.76. The van der Waals surface area contributed by atoms with E-state index < -0.39 is 0 Å². The molecule has 0 aromatic carbocycles. The molecule has 0 saturated carbocycles. The van der Waals surface area contributed by atoms with Crippen LogP contribution in [0.3, 0.4) is 0 Å². The Hall–Kier alpha value is -0.570. The lowest BCUT2D eigenvalue weighted by atomic mass is 10.1. The van der Waals surface area contributed by atoms with Crippen LogP contribution in [0.5, 0.6) is 0 Å². The molecular formula is C8H18N2O. The first-order valence-electron chi connectivity index (χ1n) is 3.94. The molecule has 3 nitrogen and oxygen atoms in total. The Morgan fingerprint density at radius 1 is 1.55 bits per heavy atom. The van der Waals surface area contributed by atoms with E-state index in [1.807, 2.05) is 27.7 Å². The molecule has 0 spiro atoms. The maximum Gasteiger partial charge on any atom is 0.234 e. The van der Waals surface area contributed by atoms with Gasteiger partial charge in [-0.2, -0.15) is 0 Å². The second kappa shape index (κ2) is 3.72. The summed E-state index contributed by atoms with van der Waals surface area (Å²) in [6, 6.07) is -0.199. The molecule has 0 heterocycles. The molecule has 1 atom stereocenters. The summed E-state index contributed by atoms with van der Waals surface area (Å²) < 4.78 is 0. The van der Waals surface area contributed by atoms with Crippen LogP contribution in [0.2, 0.25) is 0 Å². The summed E-state index contributed by atoms with van der Waals surface area (Å²) in [5, 5.41) is 3.13. The Kier molecular flexibility index (Phi) is 3.52. The van der Waals surface area contributed by atoms with E-state index in [1.54, 1.807) is 0 Å². The average Bonchev–Trinajstić information content (AvgIpc) is 1.80. The highest BCUT2D eigenvalue weighted by Crippen LogP contribution is 2.02. The van der Waals surface area contributed by atoms with Crippen LogP contribution in [0.25, 0.3) is 0 Å². The van der Waals surface area contributed by atoms with Gasteiger partial charge in [0.15, 0.2) is 0 Å². The summed E-state index contributed by atoms with van der Waals surface area (Å²) in [6.07, 6.45) is 0.743. The van der Waals surface area contributed by atoms with Crippen molar-refractivity contribution in [3.63, 3.8) is 0 Å². The van der Waals surface area contributed by atoms with Gasteiger partial charge in [-0.3, -0.25) is 4.79 Å². The Morgan fingerprint density at radius 2 is 2.00 bits per heavy atom. The third-order valence-corrected chi connectivity index (χ3v) is 1.36. The van der Waals surface area contributed by atoms with Crippen molar-refractivity contribution in [2.24, 2.45) is 5.73 Å². The molecular weight excluding hydrogens is 140 g/mol. The fourth-order valence-corrected chi connectivity index (χ4v) is 0.897. The van der Waals surface area contributed by atoms with Crippen molar-refractivity contribution < 1.29 is 4.79 Å². The van der Waals surface area contributed by atoms with Crippen molar-refractivity contribution in [1.82, 2.24) is 5.32 Å². The molecule has 0 aliphatic rings. The average molecular weight is 158 g/mol. The molecule has 11 heavy (non-hydrogen) atoms. The molecule has 0 aromatic heterocycles. The Morgan fingerprint density at radius 3 is 2.09 bits per heavy atom. The predicted molar refractivity (Wildman–Crippen MR) is 46.2 cm³/mol. The molecule has 3 N–H and O–H groups in total. The maximum atomic E-state index is 10.8. The van der Waals surface area contributed by atoms with Gasteiger partial charge in [-0.25, -0.2) is 0 Å². The lowest BCUT2D eigenvalue weighted by Gasteiger charge is -2.25. The molecule has 0 saturated heterocycles. The predicted octanol–water partition coefficient (Wildman–Crippen LogP) is 0.638. The lowest BCUT2D eigenvalue weighted by Crippen LogP contribution is -2.49. The Bertz CT molecular complexity index is 138. The summed E-state index contributed by atoms with van der Waals surface area (Å²) in [4.78, 5) is 10.8. The second-order valence-electron chi connectivity index (χ2n) is 3.76. The first kappa shape index (κ1) is 10.4. The molecule has 0 radical (unpaired) electrons. The van der Waals surface area contributed by atoms with Gasteiger partial charge in [0, 0.05) is 5.54 Å². The number of carbonyl (C=O) groups excluding carboxylic acids is 1. The highest BCUT2D eigenvalue weighted by atomic mass is 16.1. The SMILES string of the molecule is CC[C@H](NC(C)(C)C)C(N)=O. The smallest absolute Gasteiger partial charge is 0.234 e. The summed E-state index contributed by atoms with van der Waals surface area (Å²) >= 11 is 0. The summed E-state index contributed by atoms with van der Waals surface area (Å²) in [5.41, 5.74) is 5.11. The van der Waals surface area contributed by atoms with Crippen LogP contribution in [0.15, 0.2) is 0 Å². The van der Waals surface area contributed by atoms with Crippen LogP contribution >= 0.6 is 0 Å². The zero-order valence-corrected chi connectivity index (χ0v) is 7.77. The van der Waals surface area contributed by atoms with Gasteiger partial charge < -0.3 is 11.1 Å². The fourth-order valence-electron chi connectivity index (χ4n) is 0.897. The molecule has 0 rings (SSSR count). The van der Waals surface area contributed by atoms with E-state index in [1.165, 1.54) is 0 Å². The minimum absolute atomic E-state index is 0.0459. The van der Waals surface area contributed by atoms with E-state index in [4.69, 9.17) is 5.73 Å². The van der Waals surface area contributed by atoms with E-state index >= 15 is 0 Å². The number of amides is 1. The van der Waals surface area contributed by atoms with Crippen molar-refractivity contribution >= 4 is 5.91 Å². The van der Waals surface area contributed by atoms with Gasteiger partial charge in [0.05, 0.1) is 6.04 Å². The Balaban J connectivity index is 3.99. The third-order valence-electron chi connectivity index (χ3n) is 1.36. The summed E-state index contributed by atoms with van der Waals surface area (Å²) in [7, 11) is 0. The quantitative estimate of drug-likeness (QED) is 0.633. The number of nitrogens with one attached hydrogen (secondary N) is 1. The Labute approximate surface area is 68.3 Å². The molecule has 1 amide bonds. The maximum absolute atomic E-state index is 10.8. The summed E-state index contributed by atoms with van der Waals surface area (Å²) in [6.45, 7) is 7.98. The lowest BCUT2D eigenvalue weighted by molar-refractivity contribution is -0.120. The van der Waals surface area contributed by atoms with Crippen LogP contribution in [0.4, 0.5) is 0 Å². The first-order chi connectivity index (χ1) is 4.87. The molecule has 0 aromatic rings. The van der Waals surface area contributed by atoms with Gasteiger partial charge in [0.1, 0.15) is 0 Å². The van der Waals surface area contributed by atoms with Crippen LogP contribution in [0, 0.1) is 0 Å². The molecule has 66 valence electrons. The summed E-state index contributed by atoms with van der Waals surface area (Å²) in [5.74, 6) is -0.276. The van der Waals surface area contributed by atoms with E-state index in [-0.39, 0.29) is 17.5 Å². The van der Waals surface area contributed by atoms with E-state index in [2.05, 4.69) is 5.32 Å². The van der Waals surface area contributed by atoms with Crippen LogP contribution in [-0.4, -0.2) is 17.5 Å². The van der Waals surface area contributed by atoms with Gasteiger partial charge >= 0.3 is 0 Å². The van der Waals surface area contributed by atoms with Crippen molar-refractivity contribution in [3.8, 4) is 0 Å². The van der Waals surface area contributed by atoms with Crippen LogP contribution in [-0.2, 0) is 4.79 Å². The van der Waals surface area contributed by atoms with E-state index in [9.17, 15) is 4.79 Å². The molecule has 0 bridgehead atoms. The highest BCUT2D eigenvalue weighted by Gasteiger charge is 2.19. The minimum atomic E-state index is -0.276. The number of primary amides is 1.